The second-order valence-corrected chi connectivity index (χ2v) is 8.26. The van der Waals surface area contributed by atoms with E-state index in [1.165, 1.54) is 11.3 Å². The lowest BCUT2D eigenvalue weighted by molar-refractivity contribution is 0.0979. The highest BCUT2D eigenvalue weighted by Crippen LogP contribution is 2.32. The largest absolute Gasteiger partial charge is 0.497 e. The average molecular weight is 422 g/mol. The molecule has 3 heterocycles. The van der Waals surface area contributed by atoms with Gasteiger partial charge in [0.2, 0.25) is 0 Å². The molecule has 8 heteroatoms. The van der Waals surface area contributed by atoms with E-state index in [1.54, 1.807) is 18.2 Å². The maximum atomic E-state index is 13.5. The smallest absolute Gasteiger partial charge is 0.280 e. The van der Waals surface area contributed by atoms with Gasteiger partial charge in [-0.25, -0.2) is 4.98 Å². The maximum Gasteiger partial charge on any atom is 0.280 e. The van der Waals surface area contributed by atoms with E-state index >= 15 is 0 Å². The Morgan fingerprint density at radius 3 is 2.73 bits per heavy atom. The average Bonchev–Trinajstić information content (AvgIpc) is 3.35. The first-order valence-electron chi connectivity index (χ1n) is 9.68. The third kappa shape index (κ3) is 3.91. The minimum Gasteiger partial charge on any atom is -0.497 e. The van der Waals surface area contributed by atoms with E-state index in [0.717, 1.165) is 27.4 Å². The van der Waals surface area contributed by atoms with Crippen molar-refractivity contribution in [3.63, 3.8) is 0 Å². The van der Waals surface area contributed by atoms with E-state index in [-0.39, 0.29) is 11.9 Å². The Morgan fingerprint density at radius 2 is 2.07 bits per heavy atom. The van der Waals surface area contributed by atoms with Crippen LogP contribution in [0.15, 0.2) is 48.7 Å². The molecule has 7 nitrogen and oxygen atoms in total. The summed E-state index contributed by atoms with van der Waals surface area (Å²) in [6.07, 6.45) is 1.72. The molecule has 0 atom stereocenters. The molecule has 0 bridgehead atoms. The SMILES string of the molecule is COc1ccc2sc(N(Cc3ccccn3)C(=O)c3cc(C)n(C(C)C)n3)nc2c1. The lowest BCUT2D eigenvalue weighted by Crippen LogP contribution is -2.31. The number of carbonyl (C=O) groups is 1. The fourth-order valence-corrected chi connectivity index (χ4v) is 4.21. The van der Waals surface area contributed by atoms with Crippen LogP contribution in [0.4, 0.5) is 5.13 Å². The molecule has 0 fully saturated rings. The number of thiazole rings is 1. The van der Waals surface area contributed by atoms with Crippen LogP contribution < -0.4 is 9.64 Å². The van der Waals surface area contributed by atoms with Crippen LogP contribution in [0.3, 0.4) is 0 Å². The summed E-state index contributed by atoms with van der Waals surface area (Å²) in [6.45, 7) is 6.35. The first-order valence-corrected chi connectivity index (χ1v) is 10.5. The van der Waals surface area contributed by atoms with Gasteiger partial charge in [0.05, 0.1) is 29.6 Å². The molecular formula is C22H23N5O2S. The van der Waals surface area contributed by atoms with Gasteiger partial charge in [-0.1, -0.05) is 17.4 Å². The molecule has 30 heavy (non-hydrogen) atoms. The molecule has 1 amide bonds. The molecule has 0 saturated carbocycles. The standard InChI is InChI=1S/C22H23N5O2S/c1-14(2)27-15(3)11-19(25-27)21(28)26(13-16-7-5-6-10-23-16)22-24-18-12-17(29-4)8-9-20(18)30-22/h5-12,14H,13H2,1-4H3. The summed E-state index contributed by atoms with van der Waals surface area (Å²) < 4.78 is 8.14. The third-order valence-electron chi connectivity index (χ3n) is 4.74. The van der Waals surface area contributed by atoms with Gasteiger partial charge in [0.1, 0.15) is 5.75 Å². The molecule has 0 unspecified atom stereocenters. The number of aromatic nitrogens is 4. The van der Waals surface area contributed by atoms with E-state index in [0.29, 0.717) is 17.4 Å². The molecule has 0 saturated heterocycles. The van der Waals surface area contributed by atoms with Crippen LogP contribution in [0.25, 0.3) is 10.2 Å². The minimum absolute atomic E-state index is 0.172. The monoisotopic (exact) mass is 421 g/mol. The molecule has 0 aliphatic rings. The molecule has 1 aromatic carbocycles. The minimum atomic E-state index is -0.200. The molecule has 154 valence electrons. The van der Waals surface area contributed by atoms with Crippen LogP contribution in [-0.4, -0.2) is 32.8 Å². The zero-order valence-electron chi connectivity index (χ0n) is 17.4. The number of aryl methyl sites for hydroxylation is 1. The number of ether oxygens (including phenoxy) is 1. The number of hydrogen-bond donors (Lipinski definition) is 0. The fourth-order valence-electron chi connectivity index (χ4n) is 3.27. The zero-order chi connectivity index (χ0) is 21.3. The van der Waals surface area contributed by atoms with Crippen LogP contribution in [0.2, 0.25) is 0 Å². The van der Waals surface area contributed by atoms with Crippen molar-refractivity contribution in [3.8, 4) is 5.75 Å². The first kappa shape index (κ1) is 20.0. The quantitative estimate of drug-likeness (QED) is 0.454. The van der Waals surface area contributed by atoms with Crippen LogP contribution >= 0.6 is 11.3 Å². The molecule has 0 aliphatic carbocycles. The zero-order valence-corrected chi connectivity index (χ0v) is 18.2. The van der Waals surface area contributed by atoms with Gasteiger partial charge in [0.15, 0.2) is 10.8 Å². The van der Waals surface area contributed by atoms with Crippen molar-refractivity contribution in [1.82, 2.24) is 19.7 Å². The molecule has 3 aromatic heterocycles. The molecular weight excluding hydrogens is 398 g/mol. The first-order chi connectivity index (χ1) is 14.5. The fraction of sp³-hybridized carbons (Fsp3) is 0.273. The van der Waals surface area contributed by atoms with Crippen LogP contribution in [0, 0.1) is 6.92 Å². The van der Waals surface area contributed by atoms with Crippen molar-refractivity contribution in [3.05, 3.63) is 65.7 Å². The number of benzene rings is 1. The Morgan fingerprint density at radius 1 is 1.23 bits per heavy atom. The number of rotatable bonds is 6. The van der Waals surface area contributed by atoms with Gasteiger partial charge in [0.25, 0.3) is 5.91 Å². The summed E-state index contributed by atoms with van der Waals surface area (Å²) in [5.74, 6) is 0.530. The summed E-state index contributed by atoms with van der Waals surface area (Å²) in [5, 5.41) is 5.14. The highest BCUT2D eigenvalue weighted by molar-refractivity contribution is 7.22. The number of nitrogens with zero attached hydrogens (tertiary/aromatic N) is 5. The van der Waals surface area contributed by atoms with Gasteiger partial charge in [-0.15, -0.1) is 0 Å². The Bertz CT molecular complexity index is 1180. The van der Waals surface area contributed by atoms with Gasteiger partial charge in [-0.2, -0.15) is 5.10 Å². The lowest BCUT2D eigenvalue weighted by atomic mass is 10.3. The van der Waals surface area contributed by atoms with E-state index in [4.69, 9.17) is 9.72 Å². The van der Waals surface area contributed by atoms with Crippen LogP contribution in [0.1, 0.15) is 41.8 Å². The van der Waals surface area contributed by atoms with Gasteiger partial charge in [0, 0.05) is 24.0 Å². The van der Waals surface area contributed by atoms with Crippen molar-refractivity contribution < 1.29 is 9.53 Å². The predicted octanol–water partition coefficient (Wildman–Crippen LogP) is 4.63. The van der Waals surface area contributed by atoms with Gasteiger partial charge < -0.3 is 4.74 Å². The predicted molar refractivity (Wildman–Crippen MR) is 118 cm³/mol. The highest BCUT2D eigenvalue weighted by Gasteiger charge is 2.25. The van der Waals surface area contributed by atoms with Crippen molar-refractivity contribution in [1.29, 1.82) is 0 Å². The molecule has 0 spiro atoms. The Hall–Kier alpha value is -3.26. The van der Waals surface area contributed by atoms with Crippen molar-refractivity contribution in [2.45, 2.75) is 33.4 Å². The number of anilines is 1. The molecule has 0 radical (unpaired) electrons. The number of methoxy groups -OCH3 is 1. The summed E-state index contributed by atoms with van der Waals surface area (Å²) >= 11 is 1.46. The molecule has 4 aromatic rings. The van der Waals surface area contributed by atoms with E-state index in [9.17, 15) is 4.79 Å². The summed E-state index contributed by atoms with van der Waals surface area (Å²) in [6, 6.07) is 13.4. The van der Waals surface area contributed by atoms with E-state index < -0.39 is 0 Å². The summed E-state index contributed by atoms with van der Waals surface area (Å²) in [5.41, 5.74) is 2.91. The molecule has 0 aliphatic heterocycles. The lowest BCUT2D eigenvalue weighted by Gasteiger charge is -2.18. The van der Waals surface area contributed by atoms with Gasteiger partial charge >= 0.3 is 0 Å². The highest BCUT2D eigenvalue weighted by atomic mass is 32.1. The number of amides is 1. The van der Waals surface area contributed by atoms with Gasteiger partial charge in [-0.3, -0.25) is 19.4 Å². The van der Waals surface area contributed by atoms with Gasteiger partial charge in [-0.05, 0) is 51.1 Å². The number of pyridine rings is 1. The Balaban J connectivity index is 1.76. The number of fused-ring (bicyclic) bond motifs is 1. The third-order valence-corrected chi connectivity index (χ3v) is 5.80. The molecule has 0 N–H and O–H groups in total. The Kier molecular flexibility index (Phi) is 5.50. The second-order valence-electron chi connectivity index (χ2n) is 7.25. The normalized spacial score (nSPS) is 11.2. The number of carbonyl (C=O) groups excluding carboxylic acids is 1. The van der Waals surface area contributed by atoms with Crippen molar-refractivity contribution in [2.75, 3.05) is 12.0 Å². The van der Waals surface area contributed by atoms with Crippen LogP contribution in [0.5, 0.6) is 5.75 Å². The van der Waals surface area contributed by atoms with Crippen LogP contribution in [-0.2, 0) is 6.54 Å². The summed E-state index contributed by atoms with van der Waals surface area (Å²) in [4.78, 5) is 24.2. The van der Waals surface area contributed by atoms with E-state index in [2.05, 4.69) is 10.1 Å². The Labute approximate surface area is 179 Å². The van der Waals surface area contributed by atoms with E-state index in [1.807, 2.05) is 67.9 Å². The summed E-state index contributed by atoms with van der Waals surface area (Å²) in [7, 11) is 1.62. The van der Waals surface area contributed by atoms with Crippen molar-refractivity contribution in [2.24, 2.45) is 0 Å². The maximum absolute atomic E-state index is 13.5. The topological polar surface area (TPSA) is 73.1 Å². The molecule has 4 rings (SSSR count). The van der Waals surface area contributed by atoms with Crippen molar-refractivity contribution >= 4 is 32.6 Å². The second kappa shape index (κ2) is 8.23. The number of hydrogen-bond acceptors (Lipinski definition) is 6.